The molecule has 0 unspecified atom stereocenters. The maximum absolute atomic E-state index is 10.0. The standard InChI is InChI=1S/C12H17BrO2/c1-4-8-5-9(13)6-10(11(8)15)12(2,3)7-14/h5-6,14-15H,4,7H2,1-3H3. The molecule has 0 aliphatic heterocycles. The van der Waals surface area contributed by atoms with Gasteiger partial charge < -0.3 is 10.2 Å². The van der Waals surface area contributed by atoms with Crippen molar-refractivity contribution >= 4 is 15.9 Å². The predicted octanol–water partition coefficient (Wildman–Crippen LogP) is 2.99. The first-order valence-corrected chi connectivity index (χ1v) is 5.84. The van der Waals surface area contributed by atoms with Crippen molar-refractivity contribution in [3.8, 4) is 5.75 Å². The summed E-state index contributed by atoms with van der Waals surface area (Å²) in [6, 6.07) is 3.77. The Kier molecular flexibility index (Phi) is 3.79. The SMILES string of the molecule is CCc1cc(Br)cc(C(C)(C)CO)c1O. The van der Waals surface area contributed by atoms with Crippen molar-refractivity contribution < 1.29 is 10.2 Å². The molecule has 0 fully saturated rings. The molecule has 0 spiro atoms. The lowest BCUT2D eigenvalue weighted by Crippen LogP contribution is -2.22. The Hall–Kier alpha value is -0.540. The minimum atomic E-state index is -0.419. The first kappa shape index (κ1) is 12.5. The third-order valence-electron chi connectivity index (χ3n) is 2.66. The molecule has 0 saturated carbocycles. The highest BCUT2D eigenvalue weighted by Crippen LogP contribution is 2.36. The van der Waals surface area contributed by atoms with Gasteiger partial charge in [-0.3, -0.25) is 0 Å². The van der Waals surface area contributed by atoms with E-state index in [-0.39, 0.29) is 6.61 Å². The molecule has 1 aromatic rings. The number of halogens is 1. The summed E-state index contributed by atoms with van der Waals surface area (Å²) in [5, 5.41) is 19.3. The van der Waals surface area contributed by atoms with Crippen molar-refractivity contribution in [1.29, 1.82) is 0 Å². The summed E-state index contributed by atoms with van der Waals surface area (Å²) in [5.74, 6) is 0.305. The molecule has 0 aromatic heterocycles. The number of phenolic OH excluding ortho intramolecular Hbond substituents is 1. The molecule has 0 atom stereocenters. The van der Waals surface area contributed by atoms with E-state index in [1.165, 1.54) is 0 Å². The van der Waals surface area contributed by atoms with E-state index in [4.69, 9.17) is 0 Å². The average molecular weight is 273 g/mol. The minimum Gasteiger partial charge on any atom is -0.507 e. The smallest absolute Gasteiger partial charge is 0.122 e. The molecule has 84 valence electrons. The fraction of sp³-hybridized carbons (Fsp3) is 0.500. The Morgan fingerprint density at radius 3 is 2.40 bits per heavy atom. The molecule has 0 aliphatic carbocycles. The quantitative estimate of drug-likeness (QED) is 0.888. The number of aliphatic hydroxyl groups is 1. The Morgan fingerprint density at radius 2 is 1.93 bits per heavy atom. The highest BCUT2D eigenvalue weighted by atomic mass is 79.9. The molecule has 0 bridgehead atoms. The summed E-state index contributed by atoms with van der Waals surface area (Å²) in [6.45, 7) is 5.83. The van der Waals surface area contributed by atoms with Gasteiger partial charge in [-0.15, -0.1) is 0 Å². The Labute approximate surface area is 99.1 Å². The zero-order valence-electron chi connectivity index (χ0n) is 9.34. The van der Waals surface area contributed by atoms with Gasteiger partial charge >= 0.3 is 0 Å². The fourth-order valence-electron chi connectivity index (χ4n) is 1.53. The predicted molar refractivity (Wildman–Crippen MR) is 65.3 cm³/mol. The van der Waals surface area contributed by atoms with Crippen molar-refractivity contribution in [3.63, 3.8) is 0 Å². The van der Waals surface area contributed by atoms with Gasteiger partial charge in [0, 0.05) is 15.5 Å². The number of aromatic hydroxyl groups is 1. The van der Waals surface area contributed by atoms with Gasteiger partial charge in [0.25, 0.3) is 0 Å². The second-order valence-corrected chi connectivity index (χ2v) is 5.27. The number of hydrogen-bond acceptors (Lipinski definition) is 2. The third-order valence-corrected chi connectivity index (χ3v) is 3.12. The first-order chi connectivity index (χ1) is 6.92. The minimum absolute atomic E-state index is 0.0141. The van der Waals surface area contributed by atoms with Gasteiger partial charge in [0.1, 0.15) is 5.75 Å². The van der Waals surface area contributed by atoms with Crippen molar-refractivity contribution in [2.75, 3.05) is 6.61 Å². The average Bonchev–Trinajstić information content (AvgIpc) is 2.20. The monoisotopic (exact) mass is 272 g/mol. The van der Waals surface area contributed by atoms with Gasteiger partial charge in [-0.05, 0) is 24.1 Å². The van der Waals surface area contributed by atoms with Crippen LogP contribution in [0, 0.1) is 0 Å². The summed E-state index contributed by atoms with van der Waals surface area (Å²) in [5.41, 5.74) is 1.27. The Balaban J connectivity index is 3.35. The van der Waals surface area contributed by atoms with Crippen LogP contribution in [0.15, 0.2) is 16.6 Å². The second-order valence-electron chi connectivity index (χ2n) is 4.36. The number of hydrogen-bond donors (Lipinski definition) is 2. The molecule has 0 amide bonds. The van der Waals surface area contributed by atoms with Crippen LogP contribution in [0.5, 0.6) is 5.75 Å². The van der Waals surface area contributed by atoms with Gasteiger partial charge in [-0.25, -0.2) is 0 Å². The number of benzene rings is 1. The normalized spacial score (nSPS) is 11.8. The summed E-state index contributed by atoms with van der Waals surface area (Å²) in [7, 11) is 0. The number of aliphatic hydroxyl groups excluding tert-OH is 1. The van der Waals surface area contributed by atoms with Crippen LogP contribution < -0.4 is 0 Å². The largest absolute Gasteiger partial charge is 0.507 e. The third kappa shape index (κ3) is 2.52. The van der Waals surface area contributed by atoms with E-state index in [0.29, 0.717) is 5.75 Å². The van der Waals surface area contributed by atoms with Crippen LogP contribution in [0.25, 0.3) is 0 Å². The van der Waals surface area contributed by atoms with Crippen LogP contribution in [0.4, 0.5) is 0 Å². The molecule has 2 nitrogen and oxygen atoms in total. The zero-order chi connectivity index (χ0) is 11.6. The first-order valence-electron chi connectivity index (χ1n) is 5.05. The molecule has 0 radical (unpaired) electrons. The topological polar surface area (TPSA) is 40.5 Å². The molecule has 1 rings (SSSR count). The molecule has 0 heterocycles. The molecule has 0 saturated heterocycles. The maximum Gasteiger partial charge on any atom is 0.122 e. The Morgan fingerprint density at radius 1 is 1.33 bits per heavy atom. The second kappa shape index (κ2) is 4.54. The van der Waals surface area contributed by atoms with E-state index in [1.807, 2.05) is 32.9 Å². The van der Waals surface area contributed by atoms with Gasteiger partial charge in [0.15, 0.2) is 0 Å². The van der Waals surface area contributed by atoms with Crippen LogP contribution in [0.1, 0.15) is 31.9 Å². The van der Waals surface area contributed by atoms with E-state index < -0.39 is 5.41 Å². The van der Waals surface area contributed by atoms with E-state index in [0.717, 1.165) is 22.0 Å². The van der Waals surface area contributed by atoms with E-state index in [2.05, 4.69) is 15.9 Å². The van der Waals surface area contributed by atoms with Gasteiger partial charge in [0.05, 0.1) is 6.61 Å². The van der Waals surface area contributed by atoms with Crippen LogP contribution in [-0.2, 0) is 11.8 Å². The number of aryl methyl sites for hydroxylation is 1. The maximum atomic E-state index is 10.0. The molecule has 1 aromatic carbocycles. The van der Waals surface area contributed by atoms with E-state index in [1.54, 1.807) is 0 Å². The number of rotatable bonds is 3. The van der Waals surface area contributed by atoms with Crippen LogP contribution in [0.3, 0.4) is 0 Å². The van der Waals surface area contributed by atoms with Crippen molar-refractivity contribution in [1.82, 2.24) is 0 Å². The van der Waals surface area contributed by atoms with Gasteiger partial charge in [-0.2, -0.15) is 0 Å². The Bertz CT molecular complexity index is 359. The zero-order valence-corrected chi connectivity index (χ0v) is 10.9. The van der Waals surface area contributed by atoms with Crippen molar-refractivity contribution in [2.45, 2.75) is 32.6 Å². The molecule has 3 heteroatoms. The van der Waals surface area contributed by atoms with E-state index >= 15 is 0 Å². The van der Waals surface area contributed by atoms with Gasteiger partial charge in [-0.1, -0.05) is 36.7 Å². The summed E-state index contributed by atoms with van der Waals surface area (Å²) in [4.78, 5) is 0. The lowest BCUT2D eigenvalue weighted by Gasteiger charge is -2.24. The highest BCUT2D eigenvalue weighted by molar-refractivity contribution is 9.10. The van der Waals surface area contributed by atoms with Crippen LogP contribution in [-0.4, -0.2) is 16.8 Å². The van der Waals surface area contributed by atoms with Crippen LogP contribution >= 0.6 is 15.9 Å². The van der Waals surface area contributed by atoms with Crippen molar-refractivity contribution in [2.24, 2.45) is 0 Å². The molecule has 0 aliphatic rings. The van der Waals surface area contributed by atoms with Gasteiger partial charge in [0.2, 0.25) is 0 Å². The summed E-state index contributed by atoms with van der Waals surface area (Å²) >= 11 is 3.42. The summed E-state index contributed by atoms with van der Waals surface area (Å²) < 4.78 is 0.939. The van der Waals surface area contributed by atoms with Crippen LogP contribution in [0.2, 0.25) is 0 Å². The lowest BCUT2D eigenvalue weighted by molar-refractivity contribution is 0.215. The molecule has 2 N–H and O–H groups in total. The van der Waals surface area contributed by atoms with Crippen molar-refractivity contribution in [3.05, 3.63) is 27.7 Å². The molecule has 15 heavy (non-hydrogen) atoms. The lowest BCUT2D eigenvalue weighted by atomic mass is 9.83. The molecular formula is C12H17BrO2. The van der Waals surface area contributed by atoms with E-state index in [9.17, 15) is 10.2 Å². The fourth-order valence-corrected chi connectivity index (χ4v) is 2.03. The number of phenols is 1. The summed E-state index contributed by atoms with van der Waals surface area (Å²) in [6.07, 6.45) is 0.778. The molecular weight excluding hydrogens is 256 g/mol. The highest BCUT2D eigenvalue weighted by Gasteiger charge is 2.24.